The van der Waals surface area contributed by atoms with E-state index in [1.54, 1.807) is 0 Å². The molecular formula is C26H28F3N3O2. The van der Waals surface area contributed by atoms with E-state index in [2.05, 4.69) is 21.8 Å². The minimum atomic E-state index is -4.38. The molecule has 2 aromatic carbocycles. The predicted molar refractivity (Wildman–Crippen MR) is 126 cm³/mol. The van der Waals surface area contributed by atoms with Gasteiger partial charge in [0, 0.05) is 24.2 Å². The first-order valence-corrected chi connectivity index (χ1v) is 11.1. The second kappa shape index (κ2) is 11.1. The van der Waals surface area contributed by atoms with Crippen molar-refractivity contribution in [3.63, 3.8) is 0 Å². The topological polar surface area (TPSA) is 55.3 Å². The number of hydrogen-bond donors (Lipinski definition) is 0. The zero-order valence-corrected chi connectivity index (χ0v) is 19.5. The van der Waals surface area contributed by atoms with E-state index in [9.17, 15) is 18.0 Å². The van der Waals surface area contributed by atoms with Crippen LogP contribution in [0.3, 0.4) is 0 Å². The fraction of sp³-hybridized carbons (Fsp3) is 0.346. The largest absolute Gasteiger partial charge is 0.486 e. The highest BCUT2D eigenvalue weighted by atomic mass is 19.4. The van der Waals surface area contributed by atoms with Crippen molar-refractivity contribution >= 4 is 12.1 Å². The second-order valence-electron chi connectivity index (χ2n) is 8.10. The summed E-state index contributed by atoms with van der Waals surface area (Å²) in [5.41, 5.74) is 3.32. The number of carbonyl (C=O) groups is 1. The van der Waals surface area contributed by atoms with Crippen molar-refractivity contribution in [3.05, 3.63) is 71.0 Å². The van der Waals surface area contributed by atoms with E-state index in [0.29, 0.717) is 29.8 Å². The fourth-order valence-electron chi connectivity index (χ4n) is 3.79. The van der Waals surface area contributed by atoms with Crippen LogP contribution in [0.2, 0.25) is 0 Å². The maximum absolute atomic E-state index is 13.0. The van der Waals surface area contributed by atoms with Crippen LogP contribution in [0.4, 0.5) is 19.0 Å². The first-order valence-electron chi connectivity index (χ1n) is 11.1. The predicted octanol–water partition coefficient (Wildman–Crippen LogP) is 6.16. The van der Waals surface area contributed by atoms with Gasteiger partial charge in [-0.3, -0.25) is 4.79 Å². The number of alkyl halides is 3. The molecule has 1 heterocycles. The first-order chi connectivity index (χ1) is 16.2. The third-order valence-electron chi connectivity index (χ3n) is 5.54. The molecule has 0 spiro atoms. The quantitative estimate of drug-likeness (QED) is 0.331. The van der Waals surface area contributed by atoms with Crippen molar-refractivity contribution in [2.75, 3.05) is 18.1 Å². The summed E-state index contributed by atoms with van der Waals surface area (Å²) in [6.45, 7) is 7.31. The average Bonchev–Trinajstić information content (AvgIpc) is 2.81. The maximum Gasteiger partial charge on any atom is 0.416 e. The molecule has 0 unspecified atom stereocenters. The van der Waals surface area contributed by atoms with Crippen LogP contribution in [0.1, 0.15) is 42.0 Å². The van der Waals surface area contributed by atoms with Gasteiger partial charge >= 0.3 is 6.18 Å². The smallest absolute Gasteiger partial charge is 0.416 e. The molecule has 0 saturated carbocycles. The van der Waals surface area contributed by atoms with Gasteiger partial charge in [-0.2, -0.15) is 13.2 Å². The number of aryl methyl sites for hydroxylation is 1. The molecule has 0 atom stereocenters. The van der Waals surface area contributed by atoms with Crippen LogP contribution in [0, 0.1) is 13.8 Å². The van der Waals surface area contributed by atoms with Gasteiger partial charge in [0.2, 0.25) is 0 Å². The van der Waals surface area contributed by atoms with E-state index in [-0.39, 0.29) is 6.61 Å². The first kappa shape index (κ1) is 25.2. The summed E-state index contributed by atoms with van der Waals surface area (Å²) in [4.78, 5) is 21.6. The van der Waals surface area contributed by atoms with Crippen molar-refractivity contribution < 1.29 is 22.7 Å². The van der Waals surface area contributed by atoms with Gasteiger partial charge in [-0.15, -0.1) is 0 Å². The molecule has 0 aliphatic carbocycles. The summed E-state index contributed by atoms with van der Waals surface area (Å²) in [5, 5.41) is 0. The number of hydrogen-bond acceptors (Lipinski definition) is 5. The van der Waals surface area contributed by atoms with E-state index in [1.165, 1.54) is 18.5 Å². The van der Waals surface area contributed by atoms with Crippen LogP contribution in [-0.2, 0) is 17.5 Å². The summed E-state index contributed by atoms with van der Waals surface area (Å²) >= 11 is 0. The Hall–Kier alpha value is -3.42. The number of nitrogens with zero attached hydrogens (tertiary/aromatic N) is 3. The molecule has 0 saturated heterocycles. The van der Waals surface area contributed by atoms with Gasteiger partial charge in [-0.1, -0.05) is 37.6 Å². The Balaban J connectivity index is 1.91. The monoisotopic (exact) mass is 471 g/mol. The van der Waals surface area contributed by atoms with Crippen LogP contribution in [0.25, 0.3) is 11.3 Å². The zero-order valence-electron chi connectivity index (χ0n) is 19.5. The number of anilines is 1. The lowest BCUT2D eigenvalue weighted by Crippen LogP contribution is -2.26. The van der Waals surface area contributed by atoms with E-state index < -0.39 is 11.7 Å². The number of unbranched alkanes of at least 4 members (excludes halogenated alkanes) is 1. The number of rotatable bonds is 10. The summed E-state index contributed by atoms with van der Waals surface area (Å²) in [5.74, 6) is 1.41. The number of benzene rings is 2. The Morgan fingerprint density at radius 3 is 2.41 bits per heavy atom. The maximum atomic E-state index is 13.0. The van der Waals surface area contributed by atoms with Crippen LogP contribution in [0.5, 0.6) is 5.75 Å². The molecule has 3 aromatic rings. The Morgan fingerprint density at radius 2 is 1.79 bits per heavy atom. The summed E-state index contributed by atoms with van der Waals surface area (Å²) in [7, 11) is 0. The zero-order chi connectivity index (χ0) is 24.7. The normalized spacial score (nSPS) is 11.4. The van der Waals surface area contributed by atoms with Gasteiger partial charge in [-0.05, 0) is 49.6 Å². The Bertz CT molecular complexity index is 1120. The summed E-state index contributed by atoms with van der Waals surface area (Å²) < 4.78 is 44.3. The Labute approximate surface area is 197 Å². The summed E-state index contributed by atoms with van der Waals surface area (Å²) in [6.07, 6.45) is -0.252. The van der Waals surface area contributed by atoms with Crippen LogP contribution < -0.4 is 9.64 Å². The highest BCUT2D eigenvalue weighted by Crippen LogP contribution is 2.33. The molecule has 0 aliphatic rings. The number of aromatic nitrogens is 2. The molecule has 8 heteroatoms. The third kappa shape index (κ3) is 6.12. The highest BCUT2D eigenvalue weighted by molar-refractivity contribution is 5.68. The lowest BCUT2D eigenvalue weighted by molar-refractivity contribution is -0.137. The Morgan fingerprint density at radius 1 is 1.06 bits per heavy atom. The van der Waals surface area contributed by atoms with Crippen molar-refractivity contribution in [1.29, 1.82) is 0 Å². The van der Waals surface area contributed by atoms with E-state index >= 15 is 0 Å². The van der Waals surface area contributed by atoms with Gasteiger partial charge in [0.1, 0.15) is 24.5 Å². The van der Waals surface area contributed by atoms with Gasteiger partial charge in [0.05, 0.1) is 11.3 Å². The van der Waals surface area contributed by atoms with E-state index in [4.69, 9.17) is 4.74 Å². The van der Waals surface area contributed by atoms with Crippen molar-refractivity contribution in [2.45, 2.75) is 46.3 Å². The van der Waals surface area contributed by atoms with Crippen LogP contribution in [0.15, 0.2) is 48.8 Å². The lowest BCUT2D eigenvalue weighted by atomic mass is 10.0. The molecule has 0 fully saturated rings. The molecule has 0 N–H and O–H groups in total. The van der Waals surface area contributed by atoms with Crippen LogP contribution >= 0.6 is 0 Å². The van der Waals surface area contributed by atoms with Gasteiger partial charge in [0.15, 0.2) is 6.29 Å². The van der Waals surface area contributed by atoms with Gasteiger partial charge in [0.25, 0.3) is 0 Å². The molecule has 34 heavy (non-hydrogen) atoms. The molecule has 0 radical (unpaired) electrons. The van der Waals surface area contributed by atoms with E-state index in [1.807, 2.05) is 32.0 Å². The third-order valence-corrected chi connectivity index (χ3v) is 5.54. The van der Waals surface area contributed by atoms with Crippen molar-refractivity contribution in [1.82, 2.24) is 9.97 Å². The molecule has 0 aliphatic heterocycles. The minimum Gasteiger partial charge on any atom is -0.486 e. The number of ether oxygens (including phenoxy) is 1. The molecular weight excluding hydrogens is 443 g/mol. The van der Waals surface area contributed by atoms with Crippen LogP contribution in [-0.4, -0.2) is 29.4 Å². The number of carbonyl (C=O) groups excluding carboxylic acids is 1. The standard InChI is InChI=1S/C26H28F3N3O2/c1-4-5-12-32(16-20-6-11-23(18(2)15-20)34-14-13-33)25-19(3)24(30-17-31-25)21-7-9-22(10-8-21)26(27,28)29/h6-11,13,15,17H,4-5,12,14,16H2,1-3H3. The lowest BCUT2D eigenvalue weighted by Gasteiger charge is -2.26. The molecule has 180 valence electrons. The molecule has 5 nitrogen and oxygen atoms in total. The van der Waals surface area contributed by atoms with Crippen molar-refractivity contribution in [3.8, 4) is 17.0 Å². The second-order valence-corrected chi connectivity index (χ2v) is 8.10. The molecule has 0 bridgehead atoms. The fourth-order valence-corrected chi connectivity index (χ4v) is 3.79. The van der Waals surface area contributed by atoms with Gasteiger partial charge in [-0.25, -0.2) is 9.97 Å². The summed E-state index contributed by atoms with van der Waals surface area (Å²) in [6, 6.07) is 10.9. The number of halogens is 3. The SMILES string of the molecule is CCCCN(Cc1ccc(OCC=O)c(C)c1)c1ncnc(-c2ccc(C(F)(F)F)cc2)c1C. The molecule has 0 amide bonds. The van der Waals surface area contributed by atoms with Gasteiger partial charge < -0.3 is 9.64 Å². The number of aldehydes is 1. The highest BCUT2D eigenvalue weighted by Gasteiger charge is 2.30. The average molecular weight is 472 g/mol. The van der Waals surface area contributed by atoms with Crippen molar-refractivity contribution in [2.24, 2.45) is 0 Å². The Kier molecular flexibility index (Phi) is 8.26. The van der Waals surface area contributed by atoms with E-state index in [0.717, 1.165) is 54.0 Å². The molecule has 1 aromatic heterocycles. The molecule has 3 rings (SSSR count). The minimum absolute atomic E-state index is 0.00959.